The largest absolute Gasteiger partial charge is 0.350 e. The van der Waals surface area contributed by atoms with Crippen molar-refractivity contribution in [1.82, 2.24) is 24.8 Å². The molecule has 0 radical (unpaired) electrons. The van der Waals surface area contributed by atoms with E-state index in [4.69, 9.17) is 0 Å². The summed E-state index contributed by atoms with van der Waals surface area (Å²) >= 11 is 0. The van der Waals surface area contributed by atoms with Gasteiger partial charge in [-0.1, -0.05) is 0 Å². The van der Waals surface area contributed by atoms with Gasteiger partial charge in [0, 0.05) is 37.2 Å². The molecule has 0 spiro atoms. The third-order valence-electron chi connectivity index (χ3n) is 5.42. The third-order valence-corrected chi connectivity index (χ3v) is 5.42. The number of carbonyl (C=O) groups is 1. The Morgan fingerprint density at radius 1 is 1.31 bits per heavy atom. The highest BCUT2D eigenvalue weighted by atomic mass is 16.2. The van der Waals surface area contributed by atoms with Gasteiger partial charge in [0.15, 0.2) is 0 Å². The summed E-state index contributed by atoms with van der Waals surface area (Å²) < 4.78 is 3.15. The number of nitrogens with one attached hydrogen (secondary N) is 2. The predicted octanol–water partition coefficient (Wildman–Crippen LogP) is 0.760. The van der Waals surface area contributed by atoms with Crippen LogP contribution in [-0.4, -0.2) is 39.7 Å². The lowest BCUT2D eigenvalue weighted by Gasteiger charge is -2.23. The first-order valence-electron chi connectivity index (χ1n) is 10.1. The first kappa shape index (κ1) is 21.0. The fourth-order valence-corrected chi connectivity index (χ4v) is 3.86. The molecule has 8 heteroatoms. The molecule has 1 unspecified atom stereocenters. The summed E-state index contributed by atoms with van der Waals surface area (Å²) in [6, 6.07) is 3.63. The maximum atomic E-state index is 12.9. The molecular weight excluding hydrogens is 370 g/mol. The number of aromatic nitrogens is 3. The van der Waals surface area contributed by atoms with Crippen molar-refractivity contribution in [3.63, 3.8) is 0 Å². The SMILES string of the molecule is Cc1cc(C)n(CCNC(=O)c2c(C)ccn(CC3CCCNC3)c2=O)c(=O)n1. The topological polar surface area (TPSA) is 98.0 Å². The Kier molecular flexibility index (Phi) is 6.64. The van der Waals surface area contributed by atoms with Crippen LogP contribution in [0.15, 0.2) is 27.9 Å². The van der Waals surface area contributed by atoms with Gasteiger partial charge in [-0.25, -0.2) is 4.79 Å². The molecule has 156 valence electrons. The number of hydrogen-bond acceptors (Lipinski definition) is 5. The first-order valence-corrected chi connectivity index (χ1v) is 10.1. The maximum Gasteiger partial charge on any atom is 0.348 e. The lowest BCUT2D eigenvalue weighted by atomic mass is 9.99. The molecule has 1 atom stereocenters. The molecule has 1 fully saturated rings. The summed E-state index contributed by atoms with van der Waals surface area (Å²) in [5, 5.41) is 6.13. The zero-order valence-electron chi connectivity index (χ0n) is 17.3. The van der Waals surface area contributed by atoms with Crippen LogP contribution < -0.4 is 21.9 Å². The number of aryl methyl sites for hydroxylation is 3. The molecule has 3 rings (SSSR count). The molecule has 2 aromatic rings. The van der Waals surface area contributed by atoms with Crippen molar-refractivity contribution >= 4 is 5.91 Å². The van der Waals surface area contributed by atoms with E-state index in [1.54, 1.807) is 24.6 Å². The number of hydrogen-bond donors (Lipinski definition) is 2. The Bertz CT molecular complexity index is 1000. The van der Waals surface area contributed by atoms with Gasteiger partial charge in [-0.15, -0.1) is 0 Å². The molecule has 1 aliphatic rings. The molecule has 2 N–H and O–H groups in total. The van der Waals surface area contributed by atoms with Crippen LogP contribution in [0.5, 0.6) is 0 Å². The van der Waals surface area contributed by atoms with Crippen molar-refractivity contribution in [1.29, 1.82) is 0 Å². The molecule has 2 aromatic heterocycles. The van der Waals surface area contributed by atoms with E-state index >= 15 is 0 Å². The minimum Gasteiger partial charge on any atom is -0.350 e. The molecule has 1 amide bonds. The fourth-order valence-electron chi connectivity index (χ4n) is 3.86. The molecule has 3 heterocycles. The van der Waals surface area contributed by atoms with Gasteiger partial charge in [0.2, 0.25) is 0 Å². The normalized spacial score (nSPS) is 16.6. The minimum absolute atomic E-state index is 0.169. The second-order valence-electron chi connectivity index (χ2n) is 7.77. The number of carbonyl (C=O) groups excluding carboxylic acids is 1. The second kappa shape index (κ2) is 9.17. The standard InChI is InChI=1S/C21H29N5O3/c1-14-6-9-25(13-17-5-4-7-22-12-17)20(28)18(14)19(27)23-8-10-26-16(3)11-15(2)24-21(26)29/h6,9,11,17,22H,4-5,7-8,10,12-13H2,1-3H3,(H,23,27). The van der Waals surface area contributed by atoms with Crippen molar-refractivity contribution in [2.24, 2.45) is 5.92 Å². The average Bonchev–Trinajstić information content (AvgIpc) is 2.67. The molecular formula is C21H29N5O3. The number of piperidine rings is 1. The lowest BCUT2D eigenvalue weighted by Crippen LogP contribution is -2.39. The van der Waals surface area contributed by atoms with Gasteiger partial charge in [-0.3, -0.25) is 14.2 Å². The van der Waals surface area contributed by atoms with Gasteiger partial charge in [0.25, 0.3) is 11.5 Å². The first-order chi connectivity index (χ1) is 13.9. The van der Waals surface area contributed by atoms with Crippen LogP contribution in [0.25, 0.3) is 0 Å². The van der Waals surface area contributed by atoms with Gasteiger partial charge in [0.1, 0.15) is 5.56 Å². The van der Waals surface area contributed by atoms with Gasteiger partial charge >= 0.3 is 5.69 Å². The average molecular weight is 399 g/mol. The van der Waals surface area contributed by atoms with Crippen molar-refractivity contribution < 1.29 is 4.79 Å². The van der Waals surface area contributed by atoms with E-state index in [-0.39, 0.29) is 23.4 Å². The maximum absolute atomic E-state index is 12.9. The predicted molar refractivity (Wildman–Crippen MR) is 111 cm³/mol. The molecule has 29 heavy (non-hydrogen) atoms. The summed E-state index contributed by atoms with van der Waals surface area (Å²) in [5.74, 6) is -0.0154. The number of amides is 1. The Balaban J connectivity index is 1.69. The third kappa shape index (κ3) is 5.00. The van der Waals surface area contributed by atoms with Crippen LogP contribution in [0.1, 0.15) is 40.2 Å². The van der Waals surface area contributed by atoms with Crippen molar-refractivity contribution in [3.8, 4) is 0 Å². The Morgan fingerprint density at radius 2 is 2.10 bits per heavy atom. The lowest BCUT2D eigenvalue weighted by molar-refractivity contribution is 0.0949. The van der Waals surface area contributed by atoms with Crippen LogP contribution in [0, 0.1) is 26.7 Å². The summed E-state index contributed by atoms with van der Waals surface area (Å²) in [4.78, 5) is 41.6. The summed E-state index contributed by atoms with van der Waals surface area (Å²) in [6.07, 6.45) is 3.95. The van der Waals surface area contributed by atoms with E-state index < -0.39 is 5.91 Å². The molecule has 0 aliphatic carbocycles. The summed E-state index contributed by atoms with van der Waals surface area (Å²) in [6.45, 7) is 8.43. The Labute approximate surface area is 170 Å². The second-order valence-corrected chi connectivity index (χ2v) is 7.77. The van der Waals surface area contributed by atoms with Gasteiger partial charge in [-0.2, -0.15) is 4.98 Å². The van der Waals surface area contributed by atoms with Gasteiger partial charge < -0.3 is 15.2 Å². The molecule has 1 aliphatic heterocycles. The van der Waals surface area contributed by atoms with E-state index in [2.05, 4.69) is 15.6 Å². The number of pyridine rings is 1. The Hall–Kier alpha value is -2.74. The highest BCUT2D eigenvalue weighted by Crippen LogP contribution is 2.12. The molecule has 1 saturated heterocycles. The zero-order chi connectivity index (χ0) is 21.0. The van der Waals surface area contributed by atoms with Crippen LogP contribution in [-0.2, 0) is 13.1 Å². The van der Waals surface area contributed by atoms with E-state index in [9.17, 15) is 14.4 Å². The van der Waals surface area contributed by atoms with E-state index in [1.807, 2.05) is 19.1 Å². The van der Waals surface area contributed by atoms with Crippen LogP contribution in [0.2, 0.25) is 0 Å². The fraction of sp³-hybridized carbons (Fsp3) is 0.524. The monoisotopic (exact) mass is 399 g/mol. The molecule has 8 nitrogen and oxygen atoms in total. The van der Waals surface area contributed by atoms with Crippen molar-refractivity contribution in [3.05, 3.63) is 61.7 Å². The Morgan fingerprint density at radius 3 is 2.79 bits per heavy atom. The molecule has 0 aromatic carbocycles. The molecule has 0 saturated carbocycles. The zero-order valence-corrected chi connectivity index (χ0v) is 17.3. The van der Waals surface area contributed by atoms with Gasteiger partial charge in [0.05, 0.1) is 0 Å². The minimum atomic E-state index is -0.408. The van der Waals surface area contributed by atoms with E-state index in [0.717, 1.165) is 31.6 Å². The quantitative estimate of drug-likeness (QED) is 0.747. The molecule has 0 bridgehead atoms. The summed E-state index contributed by atoms with van der Waals surface area (Å²) in [5.41, 5.74) is 1.67. The van der Waals surface area contributed by atoms with Crippen LogP contribution in [0.4, 0.5) is 0 Å². The van der Waals surface area contributed by atoms with Crippen molar-refractivity contribution in [2.45, 2.75) is 46.7 Å². The van der Waals surface area contributed by atoms with Gasteiger partial charge in [-0.05, 0) is 70.3 Å². The van der Waals surface area contributed by atoms with Crippen LogP contribution in [0.3, 0.4) is 0 Å². The summed E-state index contributed by atoms with van der Waals surface area (Å²) in [7, 11) is 0. The van der Waals surface area contributed by atoms with Crippen molar-refractivity contribution in [2.75, 3.05) is 19.6 Å². The van der Waals surface area contributed by atoms with E-state index in [0.29, 0.717) is 30.3 Å². The highest BCUT2D eigenvalue weighted by molar-refractivity contribution is 5.95. The smallest absolute Gasteiger partial charge is 0.348 e. The highest BCUT2D eigenvalue weighted by Gasteiger charge is 2.19. The van der Waals surface area contributed by atoms with Crippen LogP contribution >= 0.6 is 0 Å². The number of nitrogens with zero attached hydrogens (tertiary/aromatic N) is 3. The number of rotatable bonds is 6. The van der Waals surface area contributed by atoms with E-state index in [1.165, 1.54) is 4.57 Å².